The molecular weight excluding hydrogens is 412 g/mol. The average molecular weight is 435 g/mol. The summed E-state index contributed by atoms with van der Waals surface area (Å²) in [5.41, 5.74) is 0.735. The summed E-state index contributed by atoms with van der Waals surface area (Å²) in [6, 6.07) is 11.5. The third kappa shape index (κ3) is 6.40. The molecule has 0 atom stereocenters. The van der Waals surface area contributed by atoms with E-state index in [-0.39, 0.29) is 6.10 Å². The van der Waals surface area contributed by atoms with Gasteiger partial charge in [-0.3, -0.25) is 0 Å². The van der Waals surface area contributed by atoms with Gasteiger partial charge in [-0.25, -0.2) is 9.59 Å². The van der Waals surface area contributed by atoms with Gasteiger partial charge in [0, 0.05) is 4.47 Å². The van der Waals surface area contributed by atoms with Gasteiger partial charge in [0.2, 0.25) is 0 Å². The number of ether oxygens (including phenoxy) is 3. The quantitative estimate of drug-likeness (QED) is 0.315. The second-order valence-corrected chi connectivity index (χ2v) is 7.13. The third-order valence-corrected chi connectivity index (χ3v) is 4.05. The van der Waals surface area contributed by atoms with E-state index in [9.17, 15) is 9.59 Å². The molecule has 6 heteroatoms. The second-order valence-electron chi connectivity index (χ2n) is 6.21. The van der Waals surface area contributed by atoms with Gasteiger partial charge in [-0.2, -0.15) is 0 Å². The van der Waals surface area contributed by atoms with Crippen LogP contribution in [0.3, 0.4) is 0 Å². The fourth-order valence-electron chi connectivity index (χ4n) is 2.22. The lowest BCUT2D eigenvalue weighted by molar-refractivity contribution is 0.0378. The fourth-order valence-corrected chi connectivity index (χ4v) is 2.58. The Morgan fingerprint density at radius 3 is 2.37 bits per heavy atom. The highest BCUT2D eigenvalue weighted by Gasteiger charge is 2.16. The molecular formula is C21H23BrO5. The van der Waals surface area contributed by atoms with Gasteiger partial charge in [0.25, 0.3) is 0 Å². The SMILES string of the molecule is CCCCOc1ccc(Br)cc1C(=O)Oc1ccc(C(=O)OC(C)C)cc1. The highest BCUT2D eigenvalue weighted by atomic mass is 79.9. The van der Waals surface area contributed by atoms with Gasteiger partial charge in [0.15, 0.2) is 0 Å². The molecule has 2 aromatic carbocycles. The van der Waals surface area contributed by atoms with Crippen LogP contribution in [-0.4, -0.2) is 24.6 Å². The molecule has 0 saturated carbocycles. The van der Waals surface area contributed by atoms with Crippen LogP contribution in [0, 0.1) is 0 Å². The van der Waals surface area contributed by atoms with Crippen molar-refractivity contribution in [3.05, 3.63) is 58.1 Å². The summed E-state index contributed by atoms with van der Waals surface area (Å²) < 4.78 is 17.0. The van der Waals surface area contributed by atoms with Crippen LogP contribution in [0.25, 0.3) is 0 Å². The molecule has 2 aromatic rings. The maximum absolute atomic E-state index is 12.6. The smallest absolute Gasteiger partial charge is 0.347 e. The first-order chi connectivity index (χ1) is 12.9. The van der Waals surface area contributed by atoms with Crippen LogP contribution in [0.1, 0.15) is 54.3 Å². The number of hydrogen-bond acceptors (Lipinski definition) is 5. The molecule has 0 heterocycles. The van der Waals surface area contributed by atoms with Crippen LogP contribution in [0.5, 0.6) is 11.5 Å². The summed E-state index contributed by atoms with van der Waals surface area (Å²) in [6.07, 6.45) is 1.71. The van der Waals surface area contributed by atoms with Gasteiger partial charge in [0.1, 0.15) is 17.1 Å². The molecule has 144 valence electrons. The van der Waals surface area contributed by atoms with Crippen LogP contribution in [0.15, 0.2) is 46.9 Å². The van der Waals surface area contributed by atoms with Crippen molar-refractivity contribution >= 4 is 27.9 Å². The van der Waals surface area contributed by atoms with Gasteiger partial charge < -0.3 is 14.2 Å². The number of halogens is 1. The molecule has 0 saturated heterocycles. The van der Waals surface area contributed by atoms with Crippen molar-refractivity contribution in [2.75, 3.05) is 6.61 Å². The zero-order valence-electron chi connectivity index (χ0n) is 15.7. The highest BCUT2D eigenvalue weighted by molar-refractivity contribution is 9.10. The monoisotopic (exact) mass is 434 g/mol. The molecule has 0 N–H and O–H groups in total. The van der Waals surface area contributed by atoms with Gasteiger partial charge in [-0.1, -0.05) is 29.3 Å². The molecule has 27 heavy (non-hydrogen) atoms. The number of carbonyl (C=O) groups excluding carboxylic acids is 2. The summed E-state index contributed by atoms with van der Waals surface area (Å²) in [5, 5.41) is 0. The highest BCUT2D eigenvalue weighted by Crippen LogP contribution is 2.25. The van der Waals surface area contributed by atoms with Crippen LogP contribution in [0.4, 0.5) is 0 Å². The summed E-state index contributed by atoms with van der Waals surface area (Å²) in [4.78, 5) is 24.4. The lowest BCUT2D eigenvalue weighted by Gasteiger charge is -2.12. The Morgan fingerprint density at radius 2 is 1.74 bits per heavy atom. The first-order valence-corrected chi connectivity index (χ1v) is 9.65. The van der Waals surface area contributed by atoms with Crippen molar-refractivity contribution in [3.8, 4) is 11.5 Å². The van der Waals surface area contributed by atoms with Crippen molar-refractivity contribution in [1.82, 2.24) is 0 Å². The minimum Gasteiger partial charge on any atom is -0.493 e. The number of esters is 2. The molecule has 0 fully saturated rings. The van der Waals surface area contributed by atoms with E-state index in [1.807, 2.05) is 6.07 Å². The topological polar surface area (TPSA) is 61.8 Å². The molecule has 0 bridgehead atoms. The Kier molecular flexibility index (Phi) is 7.85. The van der Waals surface area contributed by atoms with Gasteiger partial charge >= 0.3 is 11.9 Å². The van der Waals surface area contributed by atoms with Gasteiger partial charge in [0.05, 0.1) is 18.3 Å². The van der Waals surface area contributed by atoms with Crippen molar-refractivity contribution in [3.63, 3.8) is 0 Å². The summed E-state index contributed by atoms with van der Waals surface area (Å²) in [6.45, 7) is 6.17. The standard InChI is InChI=1S/C21H23BrO5/c1-4-5-12-25-19-11-8-16(22)13-18(19)21(24)27-17-9-6-15(7-10-17)20(23)26-14(2)3/h6-11,13-14H,4-5,12H2,1-3H3. The van der Waals surface area contributed by atoms with Crippen molar-refractivity contribution in [2.24, 2.45) is 0 Å². The van der Waals surface area contributed by atoms with Crippen LogP contribution < -0.4 is 9.47 Å². The summed E-state index contributed by atoms with van der Waals surface area (Å²) >= 11 is 3.36. The first-order valence-electron chi connectivity index (χ1n) is 8.86. The molecule has 0 amide bonds. The van der Waals surface area contributed by atoms with E-state index in [4.69, 9.17) is 14.2 Å². The fraction of sp³-hybridized carbons (Fsp3) is 0.333. The number of unbranched alkanes of at least 4 members (excludes halogenated alkanes) is 1. The van der Waals surface area contributed by atoms with E-state index in [2.05, 4.69) is 22.9 Å². The molecule has 0 aliphatic carbocycles. The third-order valence-electron chi connectivity index (χ3n) is 3.56. The average Bonchev–Trinajstić information content (AvgIpc) is 2.63. The minimum atomic E-state index is -0.527. The van der Waals surface area contributed by atoms with Crippen molar-refractivity contribution in [1.29, 1.82) is 0 Å². The Balaban J connectivity index is 2.10. The Labute approximate surface area is 167 Å². The summed E-state index contributed by atoms with van der Waals surface area (Å²) in [7, 11) is 0. The second kappa shape index (κ2) is 10.1. The first kappa shape index (κ1) is 21.0. The molecule has 0 unspecified atom stereocenters. The van der Waals surface area contributed by atoms with E-state index >= 15 is 0 Å². The molecule has 2 rings (SSSR count). The maximum Gasteiger partial charge on any atom is 0.347 e. The van der Waals surface area contributed by atoms with Gasteiger partial charge in [-0.15, -0.1) is 0 Å². The molecule has 0 aliphatic rings. The maximum atomic E-state index is 12.6. The molecule has 0 aliphatic heterocycles. The number of benzene rings is 2. The van der Waals surface area contributed by atoms with E-state index in [0.29, 0.717) is 29.2 Å². The van der Waals surface area contributed by atoms with Crippen LogP contribution in [-0.2, 0) is 4.74 Å². The predicted molar refractivity (Wildman–Crippen MR) is 106 cm³/mol. The Morgan fingerprint density at radius 1 is 1.04 bits per heavy atom. The Bertz CT molecular complexity index is 784. The normalized spacial score (nSPS) is 10.6. The van der Waals surface area contributed by atoms with E-state index in [0.717, 1.165) is 17.3 Å². The van der Waals surface area contributed by atoms with Crippen LogP contribution >= 0.6 is 15.9 Å². The molecule has 5 nitrogen and oxygen atoms in total. The largest absolute Gasteiger partial charge is 0.493 e. The zero-order valence-corrected chi connectivity index (χ0v) is 17.2. The lowest BCUT2D eigenvalue weighted by atomic mass is 10.2. The number of carbonyl (C=O) groups is 2. The van der Waals surface area contributed by atoms with E-state index in [1.54, 1.807) is 50.2 Å². The Hall–Kier alpha value is -2.34. The molecule has 0 radical (unpaired) electrons. The predicted octanol–water partition coefficient (Wildman–Crippen LogP) is 5.41. The van der Waals surface area contributed by atoms with E-state index in [1.165, 1.54) is 0 Å². The molecule has 0 aromatic heterocycles. The minimum absolute atomic E-state index is 0.197. The van der Waals surface area contributed by atoms with Crippen molar-refractivity contribution < 1.29 is 23.8 Å². The zero-order chi connectivity index (χ0) is 19.8. The lowest BCUT2D eigenvalue weighted by Crippen LogP contribution is -2.13. The number of rotatable bonds is 8. The van der Waals surface area contributed by atoms with Crippen LogP contribution in [0.2, 0.25) is 0 Å². The summed E-state index contributed by atoms with van der Waals surface area (Å²) in [5.74, 6) is -0.129. The van der Waals surface area contributed by atoms with E-state index < -0.39 is 11.9 Å². The van der Waals surface area contributed by atoms with Gasteiger partial charge in [-0.05, 0) is 62.7 Å². The molecule has 0 spiro atoms. The number of hydrogen-bond donors (Lipinski definition) is 0. The van der Waals surface area contributed by atoms with Crippen molar-refractivity contribution in [2.45, 2.75) is 39.7 Å².